The number of hydrogen-bond acceptors (Lipinski definition) is 7. The van der Waals surface area contributed by atoms with Crippen LogP contribution < -0.4 is 10.9 Å². The van der Waals surface area contributed by atoms with Crippen molar-refractivity contribution in [1.82, 2.24) is 19.6 Å². The molecule has 0 spiro atoms. The number of benzene rings is 2. The molecule has 0 bridgehead atoms. The van der Waals surface area contributed by atoms with Gasteiger partial charge in [0.15, 0.2) is 0 Å². The van der Waals surface area contributed by atoms with Gasteiger partial charge in [-0.15, -0.1) is 0 Å². The van der Waals surface area contributed by atoms with Crippen molar-refractivity contribution in [2.75, 3.05) is 25.1 Å². The molecule has 11 heteroatoms. The van der Waals surface area contributed by atoms with E-state index in [1.807, 2.05) is 18.2 Å². The first-order valence-corrected chi connectivity index (χ1v) is 14.6. The van der Waals surface area contributed by atoms with Crippen LogP contribution in [0.4, 0.5) is 5.69 Å². The molecule has 1 amide bonds. The van der Waals surface area contributed by atoms with Crippen LogP contribution in [0.1, 0.15) is 37.4 Å². The van der Waals surface area contributed by atoms with Gasteiger partial charge in [-0.1, -0.05) is 31.5 Å². The predicted octanol–water partition coefficient (Wildman–Crippen LogP) is 4.53. The highest BCUT2D eigenvalue weighted by Gasteiger charge is 2.30. The number of fused-ring (bicyclic) bond motifs is 4. The van der Waals surface area contributed by atoms with Crippen LogP contribution in [0.5, 0.6) is 0 Å². The largest absolute Gasteiger partial charge is 0.376 e. The Morgan fingerprint density at radius 1 is 1.05 bits per heavy atom. The Kier molecular flexibility index (Phi) is 8.13. The summed E-state index contributed by atoms with van der Waals surface area (Å²) in [7, 11) is 1.74. The number of nitrogens with zero attached hydrogens (tertiary/aromatic N) is 4. The minimum atomic E-state index is -0.864. The molecule has 2 aromatic heterocycles. The van der Waals surface area contributed by atoms with Gasteiger partial charge in [0.05, 0.1) is 38.6 Å². The number of amides is 1. The van der Waals surface area contributed by atoms with Gasteiger partial charge in [0.25, 0.3) is 5.56 Å². The van der Waals surface area contributed by atoms with Crippen molar-refractivity contribution in [3.8, 4) is 11.1 Å². The second kappa shape index (κ2) is 12.0. The number of carbonyl (C=O) groups excluding carboxylic acids is 1. The fourth-order valence-electron chi connectivity index (χ4n) is 5.67. The Morgan fingerprint density at radius 3 is 2.64 bits per heavy atom. The lowest BCUT2D eigenvalue weighted by Gasteiger charge is -2.30. The molecule has 4 aromatic rings. The highest BCUT2D eigenvalue weighted by Crippen LogP contribution is 2.34. The zero-order valence-corrected chi connectivity index (χ0v) is 24.6. The van der Waals surface area contributed by atoms with Gasteiger partial charge in [0, 0.05) is 42.0 Å². The van der Waals surface area contributed by atoms with Crippen LogP contribution in [0, 0.1) is 5.92 Å². The summed E-state index contributed by atoms with van der Waals surface area (Å²) < 4.78 is 19.4. The molecule has 2 aliphatic heterocycles. The third-order valence-corrected chi connectivity index (χ3v) is 8.14. The fourth-order valence-corrected chi connectivity index (χ4v) is 5.85. The van der Waals surface area contributed by atoms with Crippen LogP contribution in [0.3, 0.4) is 0 Å². The Labute approximate surface area is 248 Å². The minimum absolute atomic E-state index is 0.0126. The summed E-state index contributed by atoms with van der Waals surface area (Å²) in [6.07, 6.45) is 2.38. The van der Waals surface area contributed by atoms with E-state index < -0.39 is 6.04 Å². The summed E-state index contributed by atoms with van der Waals surface area (Å²) in [5.41, 5.74) is 5.19. The lowest BCUT2D eigenvalue weighted by molar-refractivity contribution is -0.124. The van der Waals surface area contributed by atoms with Crippen molar-refractivity contribution in [2.24, 2.45) is 13.0 Å². The third kappa shape index (κ3) is 5.98. The molecule has 6 rings (SSSR count). The van der Waals surface area contributed by atoms with E-state index in [0.717, 1.165) is 27.8 Å². The molecule has 0 aliphatic carbocycles. The number of hydrogen-bond donors (Lipinski definition) is 1. The summed E-state index contributed by atoms with van der Waals surface area (Å²) in [6, 6.07) is 11.8. The molecule has 42 heavy (non-hydrogen) atoms. The lowest BCUT2D eigenvalue weighted by atomic mass is 9.89. The second-order valence-corrected chi connectivity index (χ2v) is 11.7. The normalized spacial score (nSPS) is 19.5. The summed E-state index contributed by atoms with van der Waals surface area (Å²) in [6.45, 7) is 5.85. The fraction of sp³-hybridized carbons (Fsp3) is 0.419. The van der Waals surface area contributed by atoms with Gasteiger partial charge in [-0.3, -0.25) is 9.59 Å². The van der Waals surface area contributed by atoms with Gasteiger partial charge in [-0.05, 0) is 59.4 Å². The number of halogens is 1. The first-order valence-electron chi connectivity index (χ1n) is 14.2. The van der Waals surface area contributed by atoms with E-state index in [1.165, 1.54) is 9.36 Å². The Balaban J connectivity index is 1.40. The van der Waals surface area contributed by atoms with Gasteiger partial charge in [0.2, 0.25) is 5.91 Å². The van der Waals surface area contributed by atoms with Crippen molar-refractivity contribution in [2.45, 2.75) is 51.5 Å². The van der Waals surface area contributed by atoms with Gasteiger partial charge >= 0.3 is 0 Å². The van der Waals surface area contributed by atoms with E-state index in [9.17, 15) is 9.59 Å². The molecule has 0 radical (unpaired) electrons. The molecule has 1 saturated heterocycles. The molecule has 1 N–H and O–H groups in total. The maximum absolute atomic E-state index is 13.9. The van der Waals surface area contributed by atoms with Crippen LogP contribution in [-0.2, 0) is 39.1 Å². The molecule has 10 nitrogen and oxygen atoms in total. The number of rotatable bonds is 6. The number of ether oxygens (including phenoxy) is 3. The third-order valence-electron chi connectivity index (χ3n) is 7.90. The highest BCUT2D eigenvalue weighted by molar-refractivity contribution is 6.30. The maximum Gasteiger partial charge on any atom is 0.251 e. The number of pyridine rings is 1. The summed E-state index contributed by atoms with van der Waals surface area (Å²) in [4.78, 5) is 29.2. The van der Waals surface area contributed by atoms with Gasteiger partial charge in [-0.2, -0.15) is 15.0 Å². The highest BCUT2D eigenvalue weighted by atomic mass is 35.5. The minimum Gasteiger partial charge on any atom is -0.376 e. The Hall–Kier alpha value is -3.57. The number of nitrogens with one attached hydrogen (secondary N) is 1. The SMILES string of the molecule is CC(C)C1Cc2ccc(Cl)cc2-c2cc(=O)n(C(C[C@@H]3COCCO3)C(=O)Nc3ccc4nn(C)nc4c3)cc2CO1. The topological polar surface area (TPSA) is 110 Å². The van der Waals surface area contributed by atoms with Crippen molar-refractivity contribution in [1.29, 1.82) is 0 Å². The van der Waals surface area contributed by atoms with Crippen LogP contribution >= 0.6 is 11.6 Å². The first-order chi connectivity index (χ1) is 20.2. The average Bonchev–Trinajstić information content (AvgIpc) is 3.33. The number of aryl methyl sites for hydroxylation is 1. The Bertz CT molecular complexity index is 1680. The summed E-state index contributed by atoms with van der Waals surface area (Å²) in [5, 5.41) is 12.2. The smallest absolute Gasteiger partial charge is 0.251 e. The number of anilines is 1. The van der Waals surface area contributed by atoms with Gasteiger partial charge in [0.1, 0.15) is 17.1 Å². The van der Waals surface area contributed by atoms with Crippen molar-refractivity contribution in [3.05, 3.63) is 75.2 Å². The maximum atomic E-state index is 13.9. The molecule has 2 aromatic carbocycles. The van der Waals surface area contributed by atoms with Crippen LogP contribution in [0.2, 0.25) is 5.02 Å². The van der Waals surface area contributed by atoms with E-state index in [0.29, 0.717) is 49.1 Å². The monoisotopic (exact) mass is 591 g/mol. The standard InChI is InChI=1S/C31H34ClN5O5/c1-18(2)29-10-19-4-5-21(32)11-24(19)25-14-30(38)37(15-20(25)16-42-29)28(13-23-17-40-8-9-41-23)31(39)33-22-6-7-26-27(12-22)35-36(3)34-26/h4-7,11-12,14-15,18,23,28-29H,8-10,13,16-17H2,1-3H3,(H,33,39)/t23-,28?,29?/m1/s1. The summed E-state index contributed by atoms with van der Waals surface area (Å²) >= 11 is 6.42. The van der Waals surface area contributed by atoms with Crippen molar-refractivity contribution in [3.63, 3.8) is 0 Å². The van der Waals surface area contributed by atoms with E-state index in [4.69, 9.17) is 25.8 Å². The van der Waals surface area contributed by atoms with Gasteiger partial charge in [-0.25, -0.2) is 0 Å². The Morgan fingerprint density at radius 2 is 1.86 bits per heavy atom. The van der Waals surface area contributed by atoms with Crippen LogP contribution in [-0.4, -0.2) is 57.5 Å². The zero-order chi connectivity index (χ0) is 29.4. The number of aromatic nitrogens is 4. The molecule has 2 unspecified atom stereocenters. The molecule has 4 heterocycles. The summed E-state index contributed by atoms with van der Waals surface area (Å²) in [5.74, 6) is -0.0562. The molecule has 1 fully saturated rings. The van der Waals surface area contributed by atoms with Crippen molar-refractivity contribution < 1.29 is 19.0 Å². The molecular weight excluding hydrogens is 558 g/mol. The second-order valence-electron chi connectivity index (χ2n) is 11.3. The van der Waals surface area contributed by atoms with Crippen molar-refractivity contribution >= 4 is 34.2 Å². The van der Waals surface area contributed by atoms with E-state index >= 15 is 0 Å². The zero-order valence-electron chi connectivity index (χ0n) is 23.9. The molecule has 220 valence electrons. The molecule has 2 aliphatic rings. The van der Waals surface area contributed by atoms with Gasteiger partial charge < -0.3 is 24.1 Å². The molecular formula is C31H34ClN5O5. The van der Waals surface area contributed by atoms with Crippen LogP contribution in [0.25, 0.3) is 22.2 Å². The quantitative estimate of drug-likeness (QED) is 0.351. The first kappa shape index (κ1) is 28.5. The van der Waals surface area contributed by atoms with E-state index in [1.54, 1.807) is 37.5 Å². The predicted molar refractivity (Wildman–Crippen MR) is 160 cm³/mol. The average molecular weight is 592 g/mol. The van der Waals surface area contributed by atoms with Crippen LogP contribution in [0.15, 0.2) is 53.5 Å². The van der Waals surface area contributed by atoms with E-state index in [2.05, 4.69) is 29.4 Å². The molecule has 0 saturated carbocycles. The lowest BCUT2D eigenvalue weighted by Crippen LogP contribution is -2.39. The molecule has 3 atom stereocenters. The van der Waals surface area contributed by atoms with E-state index in [-0.39, 0.29) is 36.0 Å². The number of carbonyl (C=O) groups is 1.